The number of aliphatic hydroxyl groups is 1. The van der Waals surface area contributed by atoms with Crippen molar-refractivity contribution >= 4 is 0 Å². The minimum Gasteiger partial charge on any atom is -0.390 e. The van der Waals surface area contributed by atoms with Crippen LogP contribution in [0.3, 0.4) is 0 Å². The van der Waals surface area contributed by atoms with Gasteiger partial charge in [0, 0.05) is 0 Å². The molecule has 0 atom stereocenters. The molecule has 1 heteroatoms. The minimum absolute atomic E-state index is 0.203. The van der Waals surface area contributed by atoms with Crippen molar-refractivity contribution < 1.29 is 5.11 Å². The molecule has 0 heterocycles. The first-order valence-corrected chi connectivity index (χ1v) is 5.40. The van der Waals surface area contributed by atoms with Crippen LogP contribution in [0.25, 0.3) is 0 Å². The molecule has 0 spiro atoms. The van der Waals surface area contributed by atoms with Crippen molar-refractivity contribution in [3.05, 3.63) is 0 Å². The molecule has 0 aromatic rings. The molecule has 2 rings (SSSR count). The van der Waals surface area contributed by atoms with Gasteiger partial charge in [-0.2, -0.15) is 0 Å². The average Bonchev–Trinajstić information content (AvgIpc) is 2.74. The highest BCUT2D eigenvalue weighted by Gasteiger charge is 2.42. The predicted molar refractivity (Wildman–Crippen MR) is 49.9 cm³/mol. The molecule has 1 nitrogen and oxygen atoms in total. The zero-order valence-corrected chi connectivity index (χ0v) is 8.05. The van der Waals surface area contributed by atoms with Crippen LogP contribution < -0.4 is 0 Å². The van der Waals surface area contributed by atoms with Gasteiger partial charge in [-0.1, -0.05) is 32.6 Å². The topological polar surface area (TPSA) is 20.2 Å². The van der Waals surface area contributed by atoms with Crippen molar-refractivity contribution in [2.24, 2.45) is 11.8 Å². The Hall–Kier alpha value is -0.0400. The molecule has 0 unspecified atom stereocenters. The monoisotopic (exact) mass is 168 g/mol. The highest BCUT2D eigenvalue weighted by atomic mass is 16.3. The molecule has 0 aromatic carbocycles. The van der Waals surface area contributed by atoms with Crippen molar-refractivity contribution in [3.8, 4) is 0 Å². The molecule has 2 fully saturated rings. The summed E-state index contributed by atoms with van der Waals surface area (Å²) < 4.78 is 0. The van der Waals surface area contributed by atoms with E-state index in [0.29, 0.717) is 0 Å². The van der Waals surface area contributed by atoms with Gasteiger partial charge in [-0.25, -0.2) is 0 Å². The first-order valence-electron chi connectivity index (χ1n) is 5.40. The van der Waals surface area contributed by atoms with Crippen molar-refractivity contribution in [1.82, 2.24) is 0 Å². The van der Waals surface area contributed by atoms with Crippen LogP contribution in [0.1, 0.15) is 51.9 Å². The maximum Gasteiger partial charge on any atom is 0.0652 e. The van der Waals surface area contributed by atoms with E-state index in [1.807, 2.05) is 0 Å². The smallest absolute Gasteiger partial charge is 0.0652 e. The van der Waals surface area contributed by atoms with Crippen LogP contribution in [0.5, 0.6) is 0 Å². The SMILES string of the molecule is CC1CCC(CC2(O)CC2)CC1. The fraction of sp³-hybridized carbons (Fsp3) is 1.00. The van der Waals surface area contributed by atoms with Gasteiger partial charge in [-0.15, -0.1) is 0 Å². The number of hydrogen-bond donors (Lipinski definition) is 1. The second-order valence-corrected chi connectivity index (χ2v) is 5.05. The van der Waals surface area contributed by atoms with Crippen molar-refractivity contribution in [3.63, 3.8) is 0 Å². The van der Waals surface area contributed by atoms with E-state index in [2.05, 4.69) is 6.92 Å². The Kier molecular flexibility index (Phi) is 2.16. The number of hydrogen-bond acceptors (Lipinski definition) is 1. The van der Waals surface area contributed by atoms with Crippen LogP contribution in [0.15, 0.2) is 0 Å². The molecule has 0 aromatic heterocycles. The summed E-state index contributed by atoms with van der Waals surface area (Å²) in [6.45, 7) is 2.35. The van der Waals surface area contributed by atoms with Gasteiger partial charge in [0.2, 0.25) is 0 Å². The molecule has 0 saturated heterocycles. The first kappa shape index (κ1) is 8.55. The Morgan fingerprint density at radius 3 is 2.25 bits per heavy atom. The lowest BCUT2D eigenvalue weighted by atomic mass is 9.80. The maximum absolute atomic E-state index is 9.75. The van der Waals surface area contributed by atoms with E-state index >= 15 is 0 Å². The summed E-state index contributed by atoms with van der Waals surface area (Å²) in [6, 6.07) is 0. The van der Waals surface area contributed by atoms with Gasteiger partial charge in [0.15, 0.2) is 0 Å². The predicted octanol–water partition coefficient (Wildman–Crippen LogP) is 2.73. The molecular formula is C11H20O. The minimum atomic E-state index is -0.203. The maximum atomic E-state index is 9.75. The molecule has 0 radical (unpaired) electrons. The summed E-state index contributed by atoms with van der Waals surface area (Å²) >= 11 is 0. The fourth-order valence-corrected chi connectivity index (χ4v) is 2.42. The van der Waals surface area contributed by atoms with E-state index in [4.69, 9.17) is 0 Å². The van der Waals surface area contributed by atoms with Crippen LogP contribution in [0.2, 0.25) is 0 Å². The molecule has 0 amide bonds. The summed E-state index contributed by atoms with van der Waals surface area (Å²) in [4.78, 5) is 0. The molecule has 0 bridgehead atoms. The van der Waals surface area contributed by atoms with Gasteiger partial charge in [-0.3, -0.25) is 0 Å². The first-order chi connectivity index (χ1) is 5.68. The summed E-state index contributed by atoms with van der Waals surface area (Å²) in [5.41, 5.74) is -0.203. The third kappa shape index (κ3) is 2.01. The van der Waals surface area contributed by atoms with Crippen LogP contribution >= 0.6 is 0 Å². The fourth-order valence-electron chi connectivity index (χ4n) is 2.42. The summed E-state index contributed by atoms with van der Waals surface area (Å²) in [6.07, 6.45) is 8.74. The zero-order valence-electron chi connectivity index (χ0n) is 8.05. The second kappa shape index (κ2) is 3.02. The van der Waals surface area contributed by atoms with Crippen LogP contribution in [0.4, 0.5) is 0 Å². The zero-order chi connectivity index (χ0) is 8.60. The Balaban J connectivity index is 1.75. The Morgan fingerprint density at radius 1 is 1.17 bits per heavy atom. The van der Waals surface area contributed by atoms with Gasteiger partial charge >= 0.3 is 0 Å². The Labute approximate surface area is 75.2 Å². The molecular weight excluding hydrogens is 148 g/mol. The molecule has 2 saturated carbocycles. The molecule has 2 aliphatic carbocycles. The molecule has 12 heavy (non-hydrogen) atoms. The van der Waals surface area contributed by atoms with Gasteiger partial charge in [0.05, 0.1) is 5.60 Å². The van der Waals surface area contributed by atoms with Gasteiger partial charge in [0.1, 0.15) is 0 Å². The molecule has 1 N–H and O–H groups in total. The van der Waals surface area contributed by atoms with Crippen molar-refractivity contribution in [2.45, 2.75) is 57.5 Å². The van der Waals surface area contributed by atoms with E-state index in [0.717, 1.165) is 31.1 Å². The lowest BCUT2D eigenvalue weighted by Crippen LogP contribution is -2.19. The normalized spacial score (nSPS) is 39.5. The van der Waals surface area contributed by atoms with E-state index in [9.17, 15) is 5.11 Å². The van der Waals surface area contributed by atoms with Gasteiger partial charge in [-0.05, 0) is 31.1 Å². The summed E-state index contributed by atoms with van der Waals surface area (Å²) in [5.74, 6) is 1.78. The van der Waals surface area contributed by atoms with E-state index in [1.165, 1.54) is 25.7 Å². The quantitative estimate of drug-likeness (QED) is 0.672. The summed E-state index contributed by atoms with van der Waals surface area (Å²) in [7, 11) is 0. The molecule has 0 aliphatic heterocycles. The van der Waals surface area contributed by atoms with Crippen LogP contribution in [-0.2, 0) is 0 Å². The highest BCUT2D eigenvalue weighted by molar-refractivity contribution is 4.95. The lowest BCUT2D eigenvalue weighted by Gasteiger charge is -2.27. The second-order valence-electron chi connectivity index (χ2n) is 5.05. The number of rotatable bonds is 2. The molecule has 70 valence electrons. The molecule has 2 aliphatic rings. The largest absolute Gasteiger partial charge is 0.390 e. The average molecular weight is 168 g/mol. The van der Waals surface area contributed by atoms with E-state index in [1.54, 1.807) is 0 Å². The van der Waals surface area contributed by atoms with Gasteiger partial charge < -0.3 is 5.11 Å². The summed E-state index contributed by atoms with van der Waals surface area (Å²) in [5, 5.41) is 9.75. The van der Waals surface area contributed by atoms with Crippen LogP contribution in [0, 0.1) is 11.8 Å². The van der Waals surface area contributed by atoms with Crippen molar-refractivity contribution in [2.75, 3.05) is 0 Å². The van der Waals surface area contributed by atoms with Crippen molar-refractivity contribution in [1.29, 1.82) is 0 Å². The van der Waals surface area contributed by atoms with E-state index < -0.39 is 0 Å². The highest BCUT2D eigenvalue weighted by Crippen LogP contribution is 2.44. The lowest BCUT2D eigenvalue weighted by molar-refractivity contribution is 0.102. The standard InChI is InChI=1S/C11H20O/c1-9-2-4-10(5-3-9)8-11(12)6-7-11/h9-10,12H,2-8H2,1H3. The Morgan fingerprint density at radius 2 is 1.75 bits per heavy atom. The van der Waals surface area contributed by atoms with Gasteiger partial charge in [0.25, 0.3) is 0 Å². The van der Waals surface area contributed by atoms with E-state index in [-0.39, 0.29) is 5.60 Å². The third-order valence-electron chi connectivity index (χ3n) is 3.63. The van der Waals surface area contributed by atoms with Crippen LogP contribution in [-0.4, -0.2) is 10.7 Å². The third-order valence-corrected chi connectivity index (χ3v) is 3.63. The Bertz CT molecular complexity index is 152.